The van der Waals surface area contributed by atoms with E-state index in [9.17, 15) is 9.59 Å². The summed E-state index contributed by atoms with van der Waals surface area (Å²) in [5.41, 5.74) is 2.77. The molecule has 5 nitrogen and oxygen atoms in total. The first-order valence-electron chi connectivity index (χ1n) is 8.66. The van der Waals surface area contributed by atoms with Crippen LogP contribution in [0, 0.1) is 6.92 Å². The summed E-state index contributed by atoms with van der Waals surface area (Å²) in [6.07, 6.45) is 0. The molecule has 0 aliphatic rings. The third-order valence-corrected chi connectivity index (χ3v) is 4.22. The topological polar surface area (TPSA) is 67.4 Å². The Labute approximate surface area is 168 Å². The third-order valence-electron chi connectivity index (χ3n) is 3.98. The van der Waals surface area contributed by atoms with Gasteiger partial charge in [0.15, 0.2) is 6.61 Å². The van der Waals surface area contributed by atoms with Gasteiger partial charge in [-0.05, 0) is 67.1 Å². The van der Waals surface area contributed by atoms with Crippen LogP contribution in [0.2, 0.25) is 5.02 Å². The maximum atomic E-state index is 12.4. The van der Waals surface area contributed by atoms with Crippen LogP contribution in [0.4, 0.5) is 11.4 Å². The molecule has 2 amide bonds. The van der Waals surface area contributed by atoms with Gasteiger partial charge in [-0.25, -0.2) is 0 Å². The quantitative estimate of drug-likeness (QED) is 0.623. The molecule has 3 rings (SSSR count). The second kappa shape index (κ2) is 9.06. The van der Waals surface area contributed by atoms with Gasteiger partial charge in [-0.1, -0.05) is 29.8 Å². The van der Waals surface area contributed by atoms with Crippen molar-refractivity contribution >= 4 is 34.8 Å². The Balaban J connectivity index is 1.54. The van der Waals surface area contributed by atoms with E-state index in [0.717, 1.165) is 5.56 Å². The van der Waals surface area contributed by atoms with Crippen LogP contribution < -0.4 is 15.4 Å². The van der Waals surface area contributed by atoms with Crippen molar-refractivity contribution in [3.05, 3.63) is 88.9 Å². The minimum absolute atomic E-state index is 0.121. The number of carbonyl (C=O) groups is 2. The van der Waals surface area contributed by atoms with Crippen LogP contribution in [-0.2, 0) is 4.79 Å². The third kappa shape index (κ3) is 5.34. The highest BCUT2D eigenvalue weighted by Crippen LogP contribution is 2.21. The first kappa shape index (κ1) is 19.5. The lowest BCUT2D eigenvalue weighted by atomic mass is 10.1. The van der Waals surface area contributed by atoms with Crippen molar-refractivity contribution in [2.75, 3.05) is 17.2 Å². The normalized spacial score (nSPS) is 10.2. The number of para-hydroxylation sites is 1. The van der Waals surface area contributed by atoms with Crippen LogP contribution in [0.1, 0.15) is 15.9 Å². The fourth-order valence-electron chi connectivity index (χ4n) is 2.53. The monoisotopic (exact) mass is 394 g/mol. The van der Waals surface area contributed by atoms with Crippen molar-refractivity contribution in [2.45, 2.75) is 6.92 Å². The molecule has 2 N–H and O–H groups in total. The van der Waals surface area contributed by atoms with E-state index in [4.69, 9.17) is 16.3 Å². The molecular formula is C22H19ClN2O3. The van der Waals surface area contributed by atoms with E-state index >= 15 is 0 Å². The maximum absolute atomic E-state index is 12.4. The van der Waals surface area contributed by atoms with Gasteiger partial charge >= 0.3 is 0 Å². The second-order valence-electron chi connectivity index (χ2n) is 6.14. The van der Waals surface area contributed by atoms with Crippen molar-refractivity contribution in [1.82, 2.24) is 0 Å². The molecule has 0 fully saturated rings. The Hall–Kier alpha value is -3.31. The van der Waals surface area contributed by atoms with Crippen LogP contribution in [0.3, 0.4) is 0 Å². The zero-order valence-electron chi connectivity index (χ0n) is 15.2. The molecular weight excluding hydrogens is 376 g/mol. The average molecular weight is 395 g/mol. The average Bonchev–Trinajstić information content (AvgIpc) is 2.69. The summed E-state index contributed by atoms with van der Waals surface area (Å²) in [4.78, 5) is 24.3. The molecule has 6 heteroatoms. The summed E-state index contributed by atoms with van der Waals surface area (Å²) in [5, 5.41) is 6.21. The summed E-state index contributed by atoms with van der Waals surface area (Å²) >= 11 is 5.93. The van der Waals surface area contributed by atoms with Gasteiger partial charge in [-0.2, -0.15) is 0 Å². The van der Waals surface area contributed by atoms with Gasteiger partial charge in [0.25, 0.3) is 11.8 Å². The molecule has 3 aromatic rings. The maximum Gasteiger partial charge on any atom is 0.262 e. The van der Waals surface area contributed by atoms with Crippen LogP contribution in [0.15, 0.2) is 72.8 Å². The van der Waals surface area contributed by atoms with E-state index in [1.165, 1.54) is 0 Å². The Morgan fingerprint density at radius 3 is 2.32 bits per heavy atom. The van der Waals surface area contributed by atoms with Crippen LogP contribution in [0.25, 0.3) is 0 Å². The first-order chi connectivity index (χ1) is 13.5. The summed E-state index contributed by atoms with van der Waals surface area (Å²) in [6.45, 7) is 1.75. The van der Waals surface area contributed by atoms with E-state index in [2.05, 4.69) is 10.6 Å². The molecule has 0 aliphatic heterocycles. The van der Waals surface area contributed by atoms with Crippen molar-refractivity contribution < 1.29 is 14.3 Å². The van der Waals surface area contributed by atoms with E-state index in [1.54, 1.807) is 54.6 Å². The zero-order valence-corrected chi connectivity index (χ0v) is 16.0. The fourth-order valence-corrected chi connectivity index (χ4v) is 2.76. The highest BCUT2D eigenvalue weighted by molar-refractivity contribution is 6.30. The summed E-state index contributed by atoms with van der Waals surface area (Å²) in [6, 6.07) is 21.0. The number of rotatable bonds is 6. The zero-order chi connectivity index (χ0) is 19.9. The Morgan fingerprint density at radius 2 is 1.64 bits per heavy atom. The second-order valence-corrected chi connectivity index (χ2v) is 6.58. The minimum atomic E-state index is -0.258. The Bertz CT molecular complexity index is 973. The predicted molar refractivity (Wildman–Crippen MR) is 111 cm³/mol. The molecule has 0 atom stereocenters. The number of carbonyl (C=O) groups excluding carboxylic acids is 2. The van der Waals surface area contributed by atoms with Gasteiger partial charge in [0.2, 0.25) is 0 Å². The molecule has 0 aliphatic carbocycles. The number of amides is 2. The summed E-state index contributed by atoms with van der Waals surface area (Å²) < 4.78 is 5.47. The minimum Gasteiger partial charge on any atom is -0.484 e. The van der Waals surface area contributed by atoms with Crippen molar-refractivity contribution in [3.63, 3.8) is 0 Å². The lowest BCUT2D eigenvalue weighted by Crippen LogP contribution is -2.20. The number of anilines is 2. The smallest absolute Gasteiger partial charge is 0.262 e. The van der Waals surface area contributed by atoms with E-state index in [1.807, 2.05) is 25.1 Å². The van der Waals surface area contributed by atoms with Gasteiger partial charge in [-0.3, -0.25) is 9.59 Å². The SMILES string of the molecule is Cc1cc(Cl)ccc1NC(=O)c1ccc(OCC(=O)Nc2ccccc2)cc1. The highest BCUT2D eigenvalue weighted by Gasteiger charge is 2.09. The lowest BCUT2D eigenvalue weighted by molar-refractivity contribution is -0.118. The molecule has 3 aromatic carbocycles. The van der Waals surface area contributed by atoms with Gasteiger partial charge < -0.3 is 15.4 Å². The number of nitrogens with one attached hydrogen (secondary N) is 2. The Morgan fingerprint density at radius 1 is 0.929 bits per heavy atom. The largest absolute Gasteiger partial charge is 0.484 e. The van der Waals surface area contributed by atoms with E-state index < -0.39 is 0 Å². The van der Waals surface area contributed by atoms with E-state index in [-0.39, 0.29) is 18.4 Å². The predicted octanol–water partition coefficient (Wildman–Crippen LogP) is 4.92. The van der Waals surface area contributed by atoms with Gasteiger partial charge in [0, 0.05) is 22.0 Å². The number of hydrogen-bond donors (Lipinski definition) is 2. The van der Waals surface area contributed by atoms with Crippen molar-refractivity contribution in [2.24, 2.45) is 0 Å². The molecule has 0 unspecified atom stereocenters. The van der Waals surface area contributed by atoms with Crippen LogP contribution >= 0.6 is 11.6 Å². The van der Waals surface area contributed by atoms with Crippen molar-refractivity contribution in [3.8, 4) is 5.75 Å². The molecule has 0 radical (unpaired) electrons. The van der Waals surface area contributed by atoms with Crippen LogP contribution in [0.5, 0.6) is 5.75 Å². The molecule has 0 saturated heterocycles. The van der Waals surface area contributed by atoms with Crippen LogP contribution in [-0.4, -0.2) is 18.4 Å². The summed E-state index contributed by atoms with van der Waals surface area (Å²) in [7, 11) is 0. The fraction of sp³-hybridized carbons (Fsp3) is 0.0909. The number of hydrogen-bond acceptors (Lipinski definition) is 3. The molecule has 0 heterocycles. The Kier molecular flexibility index (Phi) is 6.29. The lowest BCUT2D eigenvalue weighted by Gasteiger charge is -2.10. The summed E-state index contributed by atoms with van der Waals surface area (Å²) in [5.74, 6) is 0.00691. The van der Waals surface area contributed by atoms with Gasteiger partial charge in [0.1, 0.15) is 5.75 Å². The first-order valence-corrected chi connectivity index (χ1v) is 9.04. The van der Waals surface area contributed by atoms with Crippen molar-refractivity contribution in [1.29, 1.82) is 0 Å². The highest BCUT2D eigenvalue weighted by atomic mass is 35.5. The number of ether oxygens (including phenoxy) is 1. The molecule has 142 valence electrons. The van der Waals surface area contributed by atoms with E-state index in [0.29, 0.717) is 27.7 Å². The molecule has 0 spiro atoms. The number of benzene rings is 3. The van der Waals surface area contributed by atoms with Gasteiger partial charge in [-0.15, -0.1) is 0 Å². The van der Waals surface area contributed by atoms with Gasteiger partial charge in [0.05, 0.1) is 0 Å². The molecule has 0 aromatic heterocycles. The standard InChI is InChI=1S/C22H19ClN2O3/c1-15-13-17(23)9-12-20(15)25-22(27)16-7-10-19(11-8-16)28-14-21(26)24-18-5-3-2-4-6-18/h2-13H,14H2,1H3,(H,24,26)(H,25,27). The molecule has 0 bridgehead atoms. The number of aryl methyl sites for hydroxylation is 1. The molecule has 0 saturated carbocycles. The molecule has 28 heavy (non-hydrogen) atoms. The number of halogens is 1.